The third kappa shape index (κ3) is 2.87. The molecule has 0 unspecified atom stereocenters. The Morgan fingerprint density at radius 1 is 1.12 bits per heavy atom. The molecule has 3 rings (SSSR count). The van der Waals surface area contributed by atoms with Gasteiger partial charge in [0.1, 0.15) is 5.69 Å². The minimum absolute atomic E-state index is 0.00920. The average molecular weight is 368 g/mol. The van der Waals surface area contributed by atoms with Crippen LogP contribution in [0.4, 0.5) is 0 Å². The number of carbonyl (C=O) groups is 2. The van der Waals surface area contributed by atoms with Crippen LogP contribution in [0.1, 0.15) is 31.3 Å². The van der Waals surface area contributed by atoms with Gasteiger partial charge in [-0.1, -0.05) is 23.2 Å². The van der Waals surface area contributed by atoms with E-state index in [-0.39, 0.29) is 23.9 Å². The number of fused-ring (bicyclic) bond motifs is 1. The maximum atomic E-state index is 12.9. The number of hydrogen-bond donors (Lipinski definition) is 1. The number of H-pyrrole nitrogens is 1. The fraction of sp³-hybridized carbons (Fsp3) is 0.412. The quantitative estimate of drug-likeness (QED) is 0.837. The molecule has 2 amide bonds. The van der Waals surface area contributed by atoms with E-state index >= 15 is 0 Å². The van der Waals surface area contributed by atoms with Crippen molar-refractivity contribution in [3.8, 4) is 0 Å². The van der Waals surface area contributed by atoms with Crippen LogP contribution in [0.2, 0.25) is 10.0 Å². The highest BCUT2D eigenvalue weighted by atomic mass is 35.5. The van der Waals surface area contributed by atoms with Crippen LogP contribution in [0.3, 0.4) is 0 Å². The van der Waals surface area contributed by atoms with Crippen LogP contribution in [0, 0.1) is 0 Å². The molecule has 24 heavy (non-hydrogen) atoms. The second-order valence-electron chi connectivity index (χ2n) is 6.33. The molecule has 0 saturated carbocycles. The summed E-state index contributed by atoms with van der Waals surface area (Å²) in [6, 6.07) is 5.18. The van der Waals surface area contributed by atoms with Crippen molar-refractivity contribution >= 4 is 45.9 Å². The van der Waals surface area contributed by atoms with Gasteiger partial charge in [-0.25, -0.2) is 0 Å². The second kappa shape index (κ2) is 6.30. The molecule has 2 aromatic rings. The third-order valence-corrected chi connectivity index (χ3v) is 5.39. The molecule has 1 aromatic carbocycles. The third-order valence-electron chi connectivity index (χ3n) is 4.57. The molecule has 0 radical (unpaired) electrons. The lowest BCUT2D eigenvalue weighted by atomic mass is 10.1. The Morgan fingerprint density at radius 3 is 2.42 bits per heavy atom. The van der Waals surface area contributed by atoms with Crippen LogP contribution < -0.4 is 0 Å². The number of carbonyl (C=O) groups excluding carboxylic acids is 2. The van der Waals surface area contributed by atoms with E-state index in [9.17, 15) is 9.59 Å². The smallest absolute Gasteiger partial charge is 0.270 e. The average Bonchev–Trinajstić information content (AvgIpc) is 2.97. The summed E-state index contributed by atoms with van der Waals surface area (Å²) in [5, 5.41) is 1.63. The Kier molecular flexibility index (Phi) is 4.49. The monoisotopic (exact) mass is 367 g/mol. The van der Waals surface area contributed by atoms with E-state index in [4.69, 9.17) is 23.2 Å². The zero-order valence-corrected chi connectivity index (χ0v) is 15.3. The van der Waals surface area contributed by atoms with E-state index in [1.165, 1.54) is 0 Å². The van der Waals surface area contributed by atoms with Gasteiger partial charge in [0.05, 0.1) is 10.0 Å². The van der Waals surface area contributed by atoms with Crippen molar-refractivity contribution in [2.24, 2.45) is 0 Å². The van der Waals surface area contributed by atoms with Crippen molar-refractivity contribution in [2.45, 2.75) is 32.9 Å². The zero-order chi connectivity index (χ0) is 17.6. The Balaban J connectivity index is 1.89. The fourth-order valence-electron chi connectivity index (χ4n) is 3.26. The van der Waals surface area contributed by atoms with Crippen LogP contribution in [0.15, 0.2) is 18.2 Å². The van der Waals surface area contributed by atoms with Gasteiger partial charge in [0, 0.05) is 43.0 Å². The van der Waals surface area contributed by atoms with Gasteiger partial charge in [-0.3, -0.25) is 9.59 Å². The van der Waals surface area contributed by atoms with Crippen molar-refractivity contribution in [1.82, 2.24) is 14.8 Å². The predicted octanol–water partition coefficient (Wildman–Crippen LogP) is 3.56. The summed E-state index contributed by atoms with van der Waals surface area (Å²) in [6.45, 7) is 6.50. The number of benzene rings is 1. The number of nitrogens with one attached hydrogen (secondary N) is 1. The van der Waals surface area contributed by atoms with Crippen molar-refractivity contribution in [2.75, 3.05) is 13.1 Å². The summed E-state index contributed by atoms with van der Waals surface area (Å²) >= 11 is 12.2. The van der Waals surface area contributed by atoms with Crippen molar-refractivity contribution in [1.29, 1.82) is 0 Å². The van der Waals surface area contributed by atoms with Crippen LogP contribution in [0.25, 0.3) is 10.9 Å². The number of hydrogen-bond acceptors (Lipinski definition) is 2. The van der Waals surface area contributed by atoms with Gasteiger partial charge in [0.2, 0.25) is 5.91 Å². The molecule has 5 nitrogen and oxygen atoms in total. The Hall–Kier alpha value is -1.72. The number of amides is 2. The maximum absolute atomic E-state index is 12.9. The van der Waals surface area contributed by atoms with Gasteiger partial charge < -0.3 is 14.8 Å². The molecule has 1 fully saturated rings. The summed E-state index contributed by atoms with van der Waals surface area (Å²) in [6.07, 6.45) is 0. The molecule has 1 aliphatic rings. The molecule has 128 valence electrons. The fourth-order valence-corrected chi connectivity index (χ4v) is 3.64. The predicted molar refractivity (Wildman–Crippen MR) is 95.7 cm³/mol. The lowest BCUT2D eigenvalue weighted by Gasteiger charge is -2.43. The summed E-state index contributed by atoms with van der Waals surface area (Å²) in [5.74, 6) is -0.0607. The van der Waals surface area contributed by atoms with Gasteiger partial charge in [-0.15, -0.1) is 0 Å². The number of piperazine rings is 1. The first-order valence-electron chi connectivity index (χ1n) is 7.84. The highest BCUT2D eigenvalue weighted by Crippen LogP contribution is 2.31. The van der Waals surface area contributed by atoms with Gasteiger partial charge in [-0.2, -0.15) is 0 Å². The first kappa shape index (κ1) is 17.1. The van der Waals surface area contributed by atoms with Crippen molar-refractivity contribution in [3.05, 3.63) is 33.9 Å². The van der Waals surface area contributed by atoms with Crippen LogP contribution >= 0.6 is 23.2 Å². The van der Waals surface area contributed by atoms with Crippen molar-refractivity contribution < 1.29 is 9.59 Å². The number of aromatic nitrogens is 1. The van der Waals surface area contributed by atoms with E-state index < -0.39 is 0 Å². The van der Waals surface area contributed by atoms with Crippen molar-refractivity contribution in [3.63, 3.8) is 0 Å². The SMILES string of the molecule is CC(=O)N1C[C@H](C)N(C(=O)c2cc3c(Cl)c(Cl)ccc3[nH]2)C[C@@H]1C. The molecule has 1 aliphatic heterocycles. The van der Waals surface area contributed by atoms with E-state index in [2.05, 4.69) is 4.98 Å². The normalized spacial score (nSPS) is 21.4. The number of nitrogens with zero attached hydrogens (tertiary/aromatic N) is 2. The molecule has 0 spiro atoms. The second-order valence-corrected chi connectivity index (χ2v) is 7.12. The first-order chi connectivity index (χ1) is 11.3. The van der Waals surface area contributed by atoms with Gasteiger partial charge >= 0.3 is 0 Å². The largest absolute Gasteiger partial charge is 0.350 e. The van der Waals surface area contributed by atoms with E-state index in [1.54, 1.807) is 34.9 Å². The van der Waals surface area contributed by atoms with E-state index in [1.807, 2.05) is 13.8 Å². The number of rotatable bonds is 1. The molecular weight excluding hydrogens is 349 g/mol. The lowest BCUT2D eigenvalue weighted by Crippen LogP contribution is -2.59. The molecule has 2 atom stereocenters. The van der Waals surface area contributed by atoms with Crippen LogP contribution in [0.5, 0.6) is 0 Å². The maximum Gasteiger partial charge on any atom is 0.270 e. The summed E-state index contributed by atoms with van der Waals surface area (Å²) in [4.78, 5) is 31.3. The highest BCUT2D eigenvalue weighted by molar-refractivity contribution is 6.45. The minimum atomic E-state index is -0.0964. The van der Waals surface area contributed by atoms with E-state index in [0.29, 0.717) is 28.8 Å². The first-order valence-corrected chi connectivity index (χ1v) is 8.60. The van der Waals surface area contributed by atoms with Gasteiger partial charge in [0.25, 0.3) is 5.91 Å². The topological polar surface area (TPSA) is 56.4 Å². The van der Waals surface area contributed by atoms with Crippen LogP contribution in [-0.2, 0) is 4.79 Å². The van der Waals surface area contributed by atoms with Gasteiger partial charge in [-0.05, 0) is 32.0 Å². The molecule has 1 N–H and O–H groups in total. The molecule has 1 aromatic heterocycles. The zero-order valence-electron chi connectivity index (χ0n) is 13.8. The number of aromatic amines is 1. The Labute approximate surface area is 150 Å². The molecule has 0 aliphatic carbocycles. The minimum Gasteiger partial charge on any atom is -0.350 e. The number of halogens is 2. The Bertz CT molecular complexity index is 818. The van der Waals surface area contributed by atoms with Gasteiger partial charge in [0.15, 0.2) is 0 Å². The molecule has 0 bridgehead atoms. The Morgan fingerprint density at radius 2 is 1.75 bits per heavy atom. The summed E-state index contributed by atoms with van der Waals surface area (Å²) < 4.78 is 0. The summed E-state index contributed by atoms with van der Waals surface area (Å²) in [5.41, 5.74) is 1.25. The molecule has 2 heterocycles. The lowest BCUT2D eigenvalue weighted by molar-refractivity contribution is -0.134. The van der Waals surface area contributed by atoms with Crippen LogP contribution in [-0.4, -0.2) is 51.8 Å². The summed E-state index contributed by atoms with van der Waals surface area (Å²) in [7, 11) is 0. The molecule has 7 heteroatoms. The van der Waals surface area contributed by atoms with E-state index in [0.717, 1.165) is 10.9 Å². The molecule has 1 saturated heterocycles. The highest BCUT2D eigenvalue weighted by Gasteiger charge is 2.34. The standard InChI is InChI=1S/C17H19Cl2N3O2/c1-9-8-22(10(2)7-21(9)11(3)23)17(24)15-6-12-14(20-15)5-4-13(18)16(12)19/h4-6,9-10,20H,7-8H2,1-3H3/t9-,10-/m0/s1. The molecular formula is C17H19Cl2N3O2.